The number of ether oxygens (including phenoxy) is 1. The second-order valence-electron chi connectivity index (χ2n) is 6.86. The maximum atomic E-state index is 11.7. The molecule has 118 valence electrons. The smallest absolute Gasteiger partial charge is 0.150 e. The van der Waals surface area contributed by atoms with Gasteiger partial charge in [0.15, 0.2) is 9.84 Å². The van der Waals surface area contributed by atoms with Crippen LogP contribution in [0.25, 0.3) is 0 Å². The summed E-state index contributed by atoms with van der Waals surface area (Å²) in [5.74, 6) is 2.09. The van der Waals surface area contributed by atoms with E-state index in [1.165, 1.54) is 12.8 Å². The summed E-state index contributed by atoms with van der Waals surface area (Å²) in [5.41, 5.74) is 0. The Morgan fingerprint density at radius 2 is 2.00 bits per heavy atom. The van der Waals surface area contributed by atoms with Crippen molar-refractivity contribution in [1.29, 1.82) is 0 Å². The van der Waals surface area contributed by atoms with Crippen LogP contribution in [0, 0.1) is 17.8 Å². The van der Waals surface area contributed by atoms with Crippen LogP contribution in [0.3, 0.4) is 0 Å². The Morgan fingerprint density at radius 1 is 1.25 bits per heavy atom. The van der Waals surface area contributed by atoms with Crippen LogP contribution in [0.4, 0.5) is 0 Å². The summed E-state index contributed by atoms with van der Waals surface area (Å²) < 4.78 is 29.0. The van der Waals surface area contributed by atoms with Crippen LogP contribution < -0.4 is 5.32 Å². The lowest BCUT2D eigenvalue weighted by atomic mass is 9.89. The van der Waals surface area contributed by atoms with Crippen LogP contribution in [-0.2, 0) is 14.6 Å². The SMILES string of the molecule is CC(C)COCCC(CNC1CC1)C1CCS(=O)(=O)C1. The van der Waals surface area contributed by atoms with Gasteiger partial charge in [0.25, 0.3) is 0 Å². The molecule has 1 aliphatic heterocycles. The van der Waals surface area contributed by atoms with Gasteiger partial charge in [-0.1, -0.05) is 13.8 Å². The predicted octanol–water partition coefficient (Wildman–Crippen LogP) is 1.85. The van der Waals surface area contributed by atoms with Crippen LogP contribution in [0.15, 0.2) is 0 Å². The van der Waals surface area contributed by atoms with Gasteiger partial charge in [0, 0.05) is 19.3 Å². The Morgan fingerprint density at radius 3 is 2.55 bits per heavy atom. The van der Waals surface area contributed by atoms with E-state index in [0.29, 0.717) is 35.3 Å². The van der Waals surface area contributed by atoms with Crippen LogP contribution in [-0.4, -0.2) is 45.7 Å². The van der Waals surface area contributed by atoms with Gasteiger partial charge in [-0.25, -0.2) is 8.42 Å². The first kappa shape index (κ1) is 16.2. The summed E-state index contributed by atoms with van der Waals surface area (Å²) in [6.07, 6.45) is 4.37. The van der Waals surface area contributed by atoms with E-state index in [-0.39, 0.29) is 0 Å². The first-order valence-electron chi connectivity index (χ1n) is 7.98. The van der Waals surface area contributed by atoms with E-state index in [2.05, 4.69) is 19.2 Å². The summed E-state index contributed by atoms with van der Waals surface area (Å²) >= 11 is 0. The molecule has 1 heterocycles. The molecule has 0 aromatic rings. The van der Waals surface area contributed by atoms with Crippen molar-refractivity contribution >= 4 is 9.84 Å². The number of hydrogen-bond acceptors (Lipinski definition) is 4. The molecule has 2 aliphatic rings. The Labute approximate surface area is 123 Å². The van der Waals surface area contributed by atoms with Crippen molar-refractivity contribution in [1.82, 2.24) is 5.32 Å². The highest BCUT2D eigenvalue weighted by molar-refractivity contribution is 7.91. The standard InChI is InChI=1S/C15H29NO3S/c1-12(2)10-19-7-5-13(9-16-15-3-4-15)14-6-8-20(17,18)11-14/h12-16H,3-11H2,1-2H3. The van der Waals surface area contributed by atoms with E-state index in [1.54, 1.807) is 0 Å². The van der Waals surface area contributed by atoms with Gasteiger partial charge in [0.05, 0.1) is 11.5 Å². The van der Waals surface area contributed by atoms with Gasteiger partial charge in [0.1, 0.15) is 0 Å². The van der Waals surface area contributed by atoms with Gasteiger partial charge in [0.2, 0.25) is 0 Å². The lowest BCUT2D eigenvalue weighted by molar-refractivity contribution is 0.0913. The molecule has 2 atom stereocenters. The monoisotopic (exact) mass is 303 g/mol. The molecule has 0 spiro atoms. The highest BCUT2D eigenvalue weighted by Gasteiger charge is 2.34. The Balaban J connectivity index is 1.77. The number of sulfone groups is 1. The summed E-state index contributed by atoms with van der Waals surface area (Å²) in [6.45, 7) is 6.80. The van der Waals surface area contributed by atoms with E-state index in [4.69, 9.17) is 4.74 Å². The lowest BCUT2D eigenvalue weighted by Gasteiger charge is -2.23. The molecular formula is C15H29NO3S. The van der Waals surface area contributed by atoms with Crippen molar-refractivity contribution in [2.45, 2.75) is 45.6 Å². The van der Waals surface area contributed by atoms with E-state index in [9.17, 15) is 8.42 Å². The van der Waals surface area contributed by atoms with Crippen molar-refractivity contribution in [3.63, 3.8) is 0 Å². The topological polar surface area (TPSA) is 55.4 Å². The zero-order chi connectivity index (χ0) is 14.6. The third-order valence-corrected chi connectivity index (χ3v) is 6.06. The Bertz CT molecular complexity index is 390. The average Bonchev–Trinajstić information content (AvgIpc) is 3.11. The molecule has 0 radical (unpaired) electrons. The molecule has 1 saturated carbocycles. The van der Waals surface area contributed by atoms with Gasteiger partial charge in [-0.05, 0) is 50.0 Å². The predicted molar refractivity (Wildman–Crippen MR) is 81.5 cm³/mol. The fraction of sp³-hybridized carbons (Fsp3) is 1.00. The molecule has 1 saturated heterocycles. The second-order valence-corrected chi connectivity index (χ2v) is 9.09. The van der Waals surface area contributed by atoms with Crippen LogP contribution >= 0.6 is 0 Å². The molecule has 1 aliphatic carbocycles. The number of hydrogen-bond donors (Lipinski definition) is 1. The Hall–Kier alpha value is -0.130. The van der Waals surface area contributed by atoms with E-state index in [0.717, 1.165) is 32.6 Å². The molecule has 5 heteroatoms. The van der Waals surface area contributed by atoms with E-state index in [1.807, 2.05) is 0 Å². The fourth-order valence-electron chi connectivity index (χ4n) is 2.86. The zero-order valence-corrected chi connectivity index (χ0v) is 13.6. The fourth-order valence-corrected chi connectivity index (χ4v) is 4.78. The summed E-state index contributed by atoms with van der Waals surface area (Å²) in [4.78, 5) is 0. The third-order valence-electron chi connectivity index (χ3n) is 4.26. The highest BCUT2D eigenvalue weighted by atomic mass is 32.2. The Kier molecular flexibility index (Phi) is 5.87. The van der Waals surface area contributed by atoms with Crippen molar-refractivity contribution in [3.8, 4) is 0 Å². The maximum Gasteiger partial charge on any atom is 0.150 e. The molecule has 4 nitrogen and oxygen atoms in total. The molecule has 0 aromatic heterocycles. The molecule has 2 rings (SSSR count). The van der Waals surface area contributed by atoms with Crippen molar-refractivity contribution in [2.24, 2.45) is 17.8 Å². The van der Waals surface area contributed by atoms with Crippen molar-refractivity contribution < 1.29 is 13.2 Å². The third kappa shape index (κ3) is 5.70. The van der Waals surface area contributed by atoms with Crippen molar-refractivity contribution in [3.05, 3.63) is 0 Å². The van der Waals surface area contributed by atoms with Crippen molar-refractivity contribution in [2.75, 3.05) is 31.3 Å². The quantitative estimate of drug-likeness (QED) is 0.661. The van der Waals surface area contributed by atoms with Crippen LogP contribution in [0.1, 0.15) is 39.5 Å². The van der Waals surface area contributed by atoms with Crippen LogP contribution in [0.5, 0.6) is 0 Å². The zero-order valence-electron chi connectivity index (χ0n) is 12.8. The number of nitrogens with one attached hydrogen (secondary N) is 1. The molecule has 20 heavy (non-hydrogen) atoms. The normalized spacial score (nSPS) is 27.1. The summed E-state index contributed by atoms with van der Waals surface area (Å²) in [5, 5.41) is 3.56. The first-order valence-corrected chi connectivity index (χ1v) is 9.80. The van der Waals surface area contributed by atoms with E-state index >= 15 is 0 Å². The molecule has 2 unspecified atom stereocenters. The number of rotatable bonds is 9. The molecule has 0 bridgehead atoms. The molecule has 0 aromatic carbocycles. The van der Waals surface area contributed by atoms with Crippen LogP contribution in [0.2, 0.25) is 0 Å². The minimum Gasteiger partial charge on any atom is -0.381 e. The van der Waals surface area contributed by atoms with E-state index < -0.39 is 9.84 Å². The molecule has 2 fully saturated rings. The second kappa shape index (κ2) is 7.23. The van der Waals surface area contributed by atoms with Gasteiger partial charge >= 0.3 is 0 Å². The minimum absolute atomic E-state index is 0.328. The molecular weight excluding hydrogens is 274 g/mol. The van der Waals surface area contributed by atoms with Gasteiger partial charge in [-0.2, -0.15) is 0 Å². The molecule has 1 N–H and O–H groups in total. The largest absolute Gasteiger partial charge is 0.381 e. The maximum absolute atomic E-state index is 11.7. The van der Waals surface area contributed by atoms with Gasteiger partial charge in [-0.15, -0.1) is 0 Å². The summed E-state index contributed by atoms with van der Waals surface area (Å²) in [6, 6.07) is 0.687. The first-order chi connectivity index (χ1) is 9.46. The highest BCUT2D eigenvalue weighted by Crippen LogP contribution is 2.29. The van der Waals surface area contributed by atoms with Gasteiger partial charge in [-0.3, -0.25) is 0 Å². The lowest BCUT2D eigenvalue weighted by Crippen LogP contribution is -2.31. The van der Waals surface area contributed by atoms with Gasteiger partial charge < -0.3 is 10.1 Å². The molecule has 0 amide bonds. The summed E-state index contributed by atoms with van der Waals surface area (Å²) in [7, 11) is -2.78. The minimum atomic E-state index is -2.78. The average molecular weight is 303 g/mol.